The highest BCUT2D eigenvalue weighted by atomic mass is 16.5. The molecular weight excluding hydrogens is 276 g/mol. The number of aromatic nitrogens is 2. The summed E-state index contributed by atoms with van der Waals surface area (Å²) in [7, 11) is 0. The van der Waals surface area contributed by atoms with Crippen molar-refractivity contribution in [2.24, 2.45) is 0 Å². The Labute approximate surface area is 123 Å². The summed E-state index contributed by atoms with van der Waals surface area (Å²) in [5.41, 5.74) is 0.132. The largest absolute Gasteiger partial charge is 0.477 e. The predicted octanol–water partition coefficient (Wildman–Crippen LogP) is 0.794. The first-order valence-electron chi connectivity index (χ1n) is 6.62. The van der Waals surface area contributed by atoms with E-state index in [1.165, 1.54) is 0 Å². The summed E-state index contributed by atoms with van der Waals surface area (Å²) in [6, 6.07) is 0.0125. The van der Waals surface area contributed by atoms with Gasteiger partial charge in [0.15, 0.2) is 5.69 Å². The Morgan fingerprint density at radius 1 is 1.14 bits per heavy atom. The molecule has 0 saturated heterocycles. The van der Waals surface area contributed by atoms with Crippen molar-refractivity contribution in [2.45, 2.75) is 20.8 Å². The van der Waals surface area contributed by atoms with Gasteiger partial charge in [0.1, 0.15) is 12.2 Å². The third-order valence-electron chi connectivity index (χ3n) is 2.17. The van der Waals surface area contributed by atoms with E-state index in [2.05, 4.69) is 21.8 Å². The summed E-state index contributed by atoms with van der Waals surface area (Å²) in [6.07, 6.45) is 0. The van der Waals surface area contributed by atoms with Crippen molar-refractivity contribution in [2.75, 3.05) is 26.4 Å². The predicted molar refractivity (Wildman–Crippen MR) is 74.3 cm³/mol. The summed E-state index contributed by atoms with van der Waals surface area (Å²) in [6.45, 7) is 5.74. The lowest BCUT2D eigenvalue weighted by molar-refractivity contribution is 0.0516. The molecule has 0 unspecified atom stereocenters. The normalized spacial score (nSPS) is 9.52. The minimum Gasteiger partial charge on any atom is -0.477 e. The van der Waals surface area contributed by atoms with E-state index >= 15 is 0 Å². The van der Waals surface area contributed by atoms with Crippen LogP contribution in [0.25, 0.3) is 0 Å². The molecule has 0 aliphatic rings. The molecule has 1 N–H and O–H groups in total. The quantitative estimate of drug-likeness (QED) is 0.612. The van der Waals surface area contributed by atoms with E-state index < -0.39 is 5.97 Å². The first-order valence-corrected chi connectivity index (χ1v) is 6.62. The van der Waals surface area contributed by atoms with Crippen molar-refractivity contribution in [3.8, 4) is 23.7 Å². The topological polar surface area (TPSA) is 90.8 Å². The van der Waals surface area contributed by atoms with E-state index in [1.807, 2.05) is 0 Å². The molecule has 0 atom stereocenters. The second-order valence-corrected chi connectivity index (χ2v) is 3.58. The van der Waals surface area contributed by atoms with Gasteiger partial charge in [0, 0.05) is 0 Å². The Kier molecular flexibility index (Phi) is 6.98. The summed E-state index contributed by atoms with van der Waals surface area (Å²) < 4.78 is 15.5. The number of carbonyl (C=O) groups is 1. The maximum atomic E-state index is 12.0. The lowest BCUT2D eigenvalue weighted by Crippen LogP contribution is -2.14. The van der Waals surface area contributed by atoms with Crippen molar-refractivity contribution < 1.29 is 24.1 Å². The van der Waals surface area contributed by atoms with E-state index in [-0.39, 0.29) is 36.4 Å². The molecule has 21 heavy (non-hydrogen) atoms. The molecule has 1 heterocycles. The third-order valence-corrected chi connectivity index (χ3v) is 2.17. The van der Waals surface area contributed by atoms with Crippen LogP contribution >= 0.6 is 0 Å². The van der Waals surface area contributed by atoms with Crippen LogP contribution in [0.15, 0.2) is 0 Å². The van der Waals surface area contributed by atoms with Crippen LogP contribution in [0.4, 0.5) is 0 Å². The van der Waals surface area contributed by atoms with E-state index in [1.54, 1.807) is 20.8 Å². The van der Waals surface area contributed by atoms with E-state index in [0.717, 1.165) is 0 Å². The molecule has 7 heteroatoms. The minimum absolute atomic E-state index is 0.0125. The van der Waals surface area contributed by atoms with Crippen LogP contribution in [-0.4, -0.2) is 47.5 Å². The first-order chi connectivity index (χ1) is 10.2. The van der Waals surface area contributed by atoms with Gasteiger partial charge in [-0.05, 0) is 20.8 Å². The van der Waals surface area contributed by atoms with E-state index in [9.17, 15) is 4.79 Å². The Morgan fingerprint density at radius 3 is 2.43 bits per heavy atom. The zero-order chi connectivity index (χ0) is 15.7. The highest BCUT2D eigenvalue weighted by Gasteiger charge is 2.21. The molecule has 0 amide bonds. The minimum atomic E-state index is -0.649. The molecule has 0 fully saturated rings. The number of aliphatic hydroxyl groups excluding tert-OH is 1. The molecule has 0 aromatic carbocycles. The van der Waals surface area contributed by atoms with Gasteiger partial charge in [-0.1, -0.05) is 11.8 Å². The van der Waals surface area contributed by atoms with Gasteiger partial charge < -0.3 is 19.3 Å². The van der Waals surface area contributed by atoms with Gasteiger partial charge in [-0.3, -0.25) is 0 Å². The number of rotatable bonds is 6. The maximum absolute atomic E-state index is 12.0. The molecule has 1 aromatic heterocycles. The molecule has 1 aromatic rings. The van der Waals surface area contributed by atoms with Gasteiger partial charge in [-0.2, -0.15) is 9.97 Å². The number of hydrogen-bond acceptors (Lipinski definition) is 7. The average molecular weight is 294 g/mol. The van der Waals surface area contributed by atoms with Gasteiger partial charge in [-0.15, -0.1) is 0 Å². The second-order valence-electron chi connectivity index (χ2n) is 3.58. The molecule has 0 radical (unpaired) electrons. The van der Waals surface area contributed by atoms with Crippen molar-refractivity contribution in [1.29, 1.82) is 0 Å². The summed E-state index contributed by atoms with van der Waals surface area (Å²) in [5, 5.41) is 8.82. The van der Waals surface area contributed by atoms with Gasteiger partial charge in [0.25, 0.3) is 0 Å². The fourth-order valence-electron chi connectivity index (χ4n) is 1.44. The Hall–Kier alpha value is -2.33. The number of esters is 1. The molecule has 7 nitrogen and oxygen atoms in total. The van der Waals surface area contributed by atoms with Crippen LogP contribution in [0.2, 0.25) is 0 Å². The SMILES string of the molecule is CCOC(=O)c1nc(OCC)nc(OCC)c1C#CCO. The van der Waals surface area contributed by atoms with Crippen LogP contribution in [0.1, 0.15) is 36.8 Å². The van der Waals surface area contributed by atoms with Crippen LogP contribution in [0.3, 0.4) is 0 Å². The Balaban J connectivity index is 3.41. The molecule has 114 valence electrons. The monoisotopic (exact) mass is 294 g/mol. The fourth-order valence-corrected chi connectivity index (χ4v) is 1.44. The van der Waals surface area contributed by atoms with Crippen LogP contribution in [0, 0.1) is 11.8 Å². The van der Waals surface area contributed by atoms with Gasteiger partial charge >= 0.3 is 12.0 Å². The van der Waals surface area contributed by atoms with Gasteiger partial charge in [-0.25, -0.2) is 4.79 Å². The van der Waals surface area contributed by atoms with Crippen molar-refractivity contribution >= 4 is 5.97 Å². The highest BCUT2D eigenvalue weighted by molar-refractivity contribution is 5.91. The zero-order valence-corrected chi connectivity index (χ0v) is 12.3. The number of ether oxygens (including phenoxy) is 3. The second kappa shape index (κ2) is 8.76. The van der Waals surface area contributed by atoms with E-state index in [4.69, 9.17) is 19.3 Å². The smallest absolute Gasteiger partial charge is 0.358 e. The molecule has 0 bridgehead atoms. The Morgan fingerprint density at radius 2 is 1.86 bits per heavy atom. The number of aliphatic hydroxyl groups is 1. The van der Waals surface area contributed by atoms with Crippen LogP contribution in [0.5, 0.6) is 11.9 Å². The molecule has 0 saturated carbocycles. The molecule has 0 spiro atoms. The van der Waals surface area contributed by atoms with Crippen molar-refractivity contribution in [1.82, 2.24) is 9.97 Å². The van der Waals surface area contributed by atoms with Crippen molar-refractivity contribution in [3.05, 3.63) is 11.3 Å². The maximum Gasteiger partial charge on any atom is 0.358 e. The average Bonchev–Trinajstić information content (AvgIpc) is 2.46. The summed E-state index contributed by atoms with van der Waals surface area (Å²) in [4.78, 5) is 20.1. The lowest BCUT2D eigenvalue weighted by atomic mass is 10.2. The first kappa shape index (κ1) is 16.7. The van der Waals surface area contributed by atoms with Crippen molar-refractivity contribution in [3.63, 3.8) is 0 Å². The standard InChI is InChI=1S/C14H18N2O5/c1-4-19-12-10(8-7-9-17)11(13(18)20-5-2)15-14(16-12)21-6-3/h17H,4-6,9H2,1-3H3. The number of nitrogens with zero attached hydrogens (tertiary/aromatic N) is 2. The fraction of sp³-hybridized carbons (Fsp3) is 0.500. The highest BCUT2D eigenvalue weighted by Crippen LogP contribution is 2.22. The zero-order valence-electron chi connectivity index (χ0n) is 12.3. The number of carbonyl (C=O) groups excluding carboxylic acids is 1. The summed E-state index contributed by atoms with van der Waals surface area (Å²) in [5.74, 6) is 4.54. The van der Waals surface area contributed by atoms with Crippen LogP contribution in [-0.2, 0) is 4.74 Å². The Bertz CT molecular complexity index is 548. The van der Waals surface area contributed by atoms with Crippen LogP contribution < -0.4 is 9.47 Å². The van der Waals surface area contributed by atoms with Gasteiger partial charge in [0.05, 0.1) is 19.8 Å². The molecule has 1 rings (SSSR count). The third kappa shape index (κ3) is 4.61. The number of hydrogen-bond donors (Lipinski definition) is 1. The molecule has 0 aliphatic carbocycles. The lowest BCUT2D eigenvalue weighted by Gasteiger charge is -2.11. The molecular formula is C14H18N2O5. The van der Waals surface area contributed by atoms with E-state index in [0.29, 0.717) is 13.2 Å². The molecule has 0 aliphatic heterocycles. The summed E-state index contributed by atoms with van der Waals surface area (Å²) >= 11 is 0. The van der Waals surface area contributed by atoms with Gasteiger partial charge in [0.2, 0.25) is 5.88 Å².